The highest BCUT2D eigenvalue weighted by atomic mass is 35.5. The molecular weight excluding hydrogens is 260 g/mol. The van der Waals surface area contributed by atoms with Crippen molar-refractivity contribution in [2.75, 3.05) is 17.6 Å². The first-order valence-electron chi connectivity index (χ1n) is 5.47. The summed E-state index contributed by atoms with van der Waals surface area (Å²) in [6.45, 7) is 0.756. The Labute approximate surface area is 109 Å². The fraction of sp³-hybridized carbons (Fsp3) is 0.455. The summed E-state index contributed by atoms with van der Waals surface area (Å²) in [4.78, 5) is 10.5. The molecule has 0 saturated carbocycles. The summed E-state index contributed by atoms with van der Waals surface area (Å²) in [5.74, 6) is 1.18. The number of nitrogens with zero attached hydrogens (tertiary/aromatic N) is 1. The van der Waals surface area contributed by atoms with Crippen molar-refractivity contribution in [3.8, 4) is 0 Å². The number of nitro groups is 1. The molecule has 0 aliphatic carbocycles. The Bertz CT molecular complexity index is 422. The van der Waals surface area contributed by atoms with Crippen LogP contribution in [0.3, 0.4) is 0 Å². The van der Waals surface area contributed by atoms with Crippen LogP contribution >= 0.6 is 23.4 Å². The normalized spacial score (nSPS) is 19.2. The van der Waals surface area contributed by atoms with E-state index in [0.717, 1.165) is 6.54 Å². The molecule has 2 rings (SSSR count). The van der Waals surface area contributed by atoms with Gasteiger partial charge in [-0.3, -0.25) is 10.1 Å². The Balaban J connectivity index is 2.09. The van der Waals surface area contributed by atoms with Crippen molar-refractivity contribution in [2.45, 2.75) is 18.1 Å². The average Bonchev–Trinajstić information content (AvgIpc) is 2.78. The fourth-order valence-electron chi connectivity index (χ4n) is 1.87. The number of hydrogen-bond donors (Lipinski definition) is 1. The zero-order chi connectivity index (χ0) is 12.3. The van der Waals surface area contributed by atoms with Crippen LogP contribution in [0.2, 0.25) is 5.02 Å². The topological polar surface area (TPSA) is 55.2 Å². The summed E-state index contributed by atoms with van der Waals surface area (Å²) in [7, 11) is 0. The van der Waals surface area contributed by atoms with Gasteiger partial charge < -0.3 is 5.32 Å². The van der Waals surface area contributed by atoms with Crippen molar-refractivity contribution in [3.05, 3.63) is 33.3 Å². The first-order chi connectivity index (χ1) is 8.18. The molecule has 1 heterocycles. The molecule has 17 heavy (non-hydrogen) atoms. The van der Waals surface area contributed by atoms with Crippen molar-refractivity contribution in [3.63, 3.8) is 0 Å². The first-order valence-corrected chi connectivity index (χ1v) is 6.89. The molecule has 1 saturated heterocycles. The quantitative estimate of drug-likeness (QED) is 0.673. The number of benzene rings is 1. The summed E-state index contributed by atoms with van der Waals surface area (Å²) in [6.07, 6.45) is 2.40. The minimum absolute atomic E-state index is 0.0304. The zero-order valence-electron chi connectivity index (χ0n) is 9.19. The third-order valence-electron chi connectivity index (χ3n) is 2.71. The van der Waals surface area contributed by atoms with Gasteiger partial charge in [0.15, 0.2) is 0 Å². The molecule has 1 aromatic carbocycles. The molecule has 0 spiro atoms. The number of anilines is 1. The second-order valence-electron chi connectivity index (χ2n) is 3.91. The number of rotatable bonds is 4. The summed E-state index contributed by atoms with van der Waals surface area (Å²) in [5.41, 5.74) is 0.479. The van der Waals surface area contributed by atoms with Crippen LogP contribution in [0.4, 0.5) is 11.4 Å². The van der Waals surface area contributed by atoms with Gasteiger partial charge in [0, 0.05) is 11.8 Å². The van der Waals surface area contributed by atoms with Gasteiger partial charge in [-0.2, -0.15) is 11.8 Å². The fourth-order valence-corrected chi connectivity index (χ4v) is 3.32. The van der Waals surface area contributed by atoms with E-state index in [1.165, 1.54) is 24.7 Å². The molecule has 92 valence electrons. The van der Waals surface area contributed by atoms with Crippen molar-refractivity contribution in [1.29, 1.82) is 0 Å². The predicted molar refractivity (Wildman–Crippen MR) is 72.1 cm³/mol. The van der Waals surface area contributed by atoms with Crippen LogP contribution in [-0.2, 0) is 0 Å². The lowest BCUT2D eigenvalue weighted by atomic mass is 10.2. The molecule has 1 atom stereocenters. The molecule has 1 aliphatic heterocycles. The van der Waals surface area contributed by atoms with Gasteiger partial charge in [0.25, 0.3) is 0 Å². The zero-order valence-corrected chi connectivity index (χ0v) is 10.8. The lowest BCUT2D eigenvalue weighted by Gasteiger charge is -2.11. The monoisotopic (exact) mass is 272 g/mol. The van der Waals surface area contributed by atoms with Gasteiger partial charge in [-0.25, -0.2) is 0 Å². The van der Waals surface area contributed by atoms with Crippen LogP contribution in [0.25, 0.3) is 0 Å². The Morgan fingerprint density at radius 1 is 1.59 bits per heavy atom. The maximum atomic E-state index is 10.9. The molecule has 4 nitrogen and oxygen atoms in total. The molecule has 0 aromatic heterocycles. The van der Waals surface area contributed by atoms with E-state index in [1.807, 2.05) is 11.8 Å². The number of thioether (sulfide) groups is 1. The average molecular weight is 273 g/mol. The van der Waals surface area contributed by atoms with E-state index >= 15 is 0 Å². The van der Waals surface area contributed by atoms with Crippen LogP contribution in [0.15, 0.2) is 18.2 Å². The molecule has 1 unspecified atom stereocenters. The third kappa shape index (κ3) is 3.04. The second-order valence-corrected chi connectivity index (χ2v) is 5.72. The number of halogens is 1. The molecule has 6 heteroatoms. The summed E-state index contributed by atoms with van der Waals surface area (Å²) in [5, 5.41) is 14.8. The molecule has 1 aliphatic rings. The summed E-state index contributed by atoms with van der Waals surface area (Å²) < 4.78 is 0. The Morgan fingerprint density at radius 2 is 2.41 bits per heavy atom. The number of nitro benzene ring substituents is 1. The second kappa shape index (κ2) is 5.60. The maximum Gasteiger partial charge on any atom is 0.310 e. The highest BCUT2D eigenvalue weighted by Crippen LogP contribution is 2.33. The van der Waals surface area contributed by atoms with Gasteiger partial charge in [-0.05, 0) is 30.7 Å². The van der Waals surface area contributed by atoms with Crippen molar-refractivity contribution in [1.82, 2.24) is 0 Å². The largest absolute Gasteiger partial charge is 0.378 e. The lowest BCUT2D eigenvalue weighted by Crippen LogP contribution is -2.14. The van der Waals surface area contributed by atoms with Gasteiger partial charge in [0.2, 0.25) is 0 Å². The van der Waals surface area contributed by atoms with Crippen LogP contribution in [0.1, 0.15) is 12.8 Å². The smallest absolute Gasteiger partial charge is 0.310 e. The highest BCUT2D eigenvalue weighted by Gasteiger charge is 2.20. The van der Waals surface area contributed by atoms with Crippen LogP contribution in [0.5, 0.6) is 0 Å². The molecule has 1 aromatic rings. The Morgan fingerprint density at radius 3 is 3.06 bits per heavy atom. The van der Waals surface area contributed by atoms with Gasteiger partial charge in [0.05, 0.1) is 4.92 Å². The van der Waals surface area contributed by atoms with E-state index in [2.05, 4.69) is 5.32 Å². The molecule has 1 fully saturated rings. The summed E-state index contributed by atoms with van der Waals surface area (Å²) in [6, 6.07) is 4.96. The van der Waals surface area contributed by atoms with Crippen LogP contribution in [-0.4, -0.2) is 22.5 Å². The maximum absolute atomic E-state index is 10.9. The molecule has 0 bridgehead atoms. The molecule has 0 amide bonds. The number of nitrogens with one attached hydrogen (secondary N) is 1. The lowest BCUT2D eigenvalue weighted by molar-refractivity contribution is -0.383. The van der Waals surface area contributed by atoms with Crippen molar-refractivity contribution >= 4 is 34.7 Å². The van der Waals surface area contributed by atoms with Gasteiger partial charge >= 0.3 is 5.69 Å². The van der Waals surface area contributed by atoms with E-state index in [4.69, 9.17) is 11.6 Å². The van der Waals surface area contributed by atoms with E-state index in [-0.39, 0.29) is 10.7 Å². The Kier molecular flexibility index (Phi) is 4.12. The van der Waals surface area contributed by atoms with E-state index in [1.54, 1.807) is 12.1 Å². The molecule has 0 radical (unpaired) electrons. The van der Waals surface area contributed by atoms with E-state index in [0.29, 0.717) is 10.9 Å². The SMILES string of the molecule is O=[N+]([O-])c1c(Cl)cccc1NCC1CCCS1. The van der Waals surface area contributed by atoms with Crippen LogP contribution in [0, 0.1) is 10.1 Å². The number of hydrogen-bond acceptors (Lipinski definition) is 4. The molecule has 1 N–H and O–H groups in total. The van der Waals surface area contributed by atoms with E-state index in [9.17, 15) is 10.1 Å². The minimum atomic E-state index is -0.438. The van der Waals surface area contributed by atoms with Crippen molar-refractivity contribution in [2.24, 2.45) is 0 Å². The van der Waals surface area contributed by atoms with Gasteiger partial charge in [-0.1, -0.05) is 17.7 Å². The van der Waals surface area contributed by atoms with Crippen LogP contribution < -0.4 is 5.32 Å². The van der Waals surface area contributed by atoms with Gasteiger partial charge in [0.1, 0.15) is 10.7 Å². The van der Waals surface area contributed by atoms with Gasteiger partial charge in [-0.15, -0.1) is 0 Å². The first kappa shape index (κ1) is 12.5. The predicted octanol–water partition coefficient (Wildman–Crippen LogP) is 3.56. The van der Waals surface area contributed by atoms with Crippen molar-refractivity contribution < 1.29 is 4.92 Å². The summed E-state index contributed by atoms with van der Waals surface area (Å²) >= 11 is 7.75. The van der Waals surface area contributed by atoms with E-state index < -0.39 is 4.92 Å². The molecular formula is C11H13ClN2O2S. The third-order valence-corrected chi connectivity index (χ3v) is 4.42. The number of para-hydroxylation sites is 1. The minimum Gasteiger partial charge on any atom is -0.378 e. The Hall–Kier alpha value is -0.940. The highest BCUT2D eigenvalue weighted by molar-refractivity contribution is 8.00. The standard InChI is InChI=1S/C11H13ClN2O2S/c12-9-4-1-5-10(11(9)14(15)16)13-7-8-3-2-6-17-8/h1,4-5,8,13H,2-3,6-7H2.